The van der Waals surface area contributed by atoms with Crippen LogP contribution in [-0.2, 0) is 0 Å². The van der Waals surface area contributed by atoms with Crippen LogP contribution in [0.3, 0.4) is 0 Å². The Labute approximate surface area is 145 Å². The highest BCUT2D eigenvalue weighted by molar-refractivity contribution is 5.27. The van der Waals surface area contributed by atoms with Crippen molar-refractivity contribution >= 4 is 0 Å². The third-order valence-electron chi connectivity index (χ3n) is 3.75. The highest BCUT2D eigenvalue weighted by atomic mass is 13.9. The van der Waals surface area contributed by atoms with Gasteiger partial charge in [0.25, 0.3) is 0 Å². The molecule has 2 aromatic rings. The van der Waals surface area contributed by atoms with Crippen molar-refractivity contribution < 1.29 is 0 Å². The van der Waals surface area contributed by atoms with Gasteiger partial charge in [0.1, 0.15) is 0 Å². The van der Waals surface area contributed by atoms with Crippen LogP contribution in [0.25, 0.3) is 0 Å². The molecule has 0 aliphatic rings. The second-order valence-electron chi connectivity index (χ2n) is 6.46. The Morgan fingerprint density at radius 2 is 0.870 bits per heavy atom. The Bertz CT molecular complexity index is 462. The van der Waals surface area contributed by atoms with E-state index in [-0.39, 0.29) is 0 Å². The molecule has 0 N–H and O–H groups in total. The Morgan fingerprint density at radius 3 is 1.09 bits per heavy atom. The van der Waals surface area contributed by atoms with Crippen LogP contribution in [0.5, 0.6) is 0 Å². The lowest BCUT2D eigenvalue weighted by Gasteiger charge is -1.96. The van der Waals surface area contributed by atoms with Gasteiger partial charge in [0.15, 0.2) is 0 Å². The molecule has 0 amide bonds. The zero-order valence-corrected chi connectivity index (χ0v) is 16.4. The molecule has 0 aliphatic heterocycles. The third kappa shape index (κ3) is 11.6. The van der Waals surface area contributed by atoms with Crippen LogP contribution in [-0.4, -0.2) is 0 Å². The molecule has 0 nitrogen and oxygen atoms in total. The largest absolute Gasteiger partial charge is 0.0654 e. The second-order valence-corrected chi connectivity index (χ2v) is 6.46. The molecule has 0 radical (unpaired) electrons. The predicted octanol–water partition coefficient (Wildman–Crippen LogP) is 7.50. The van der Waals surface area contributed by atoms with Gasteiger partial charge in [-0.1, -0.05) is 98.7 Å². The summed E-state index contributed by atoms with van der Waals surface area (Å²) in [4.78, 5) is 0. The van der Waals surface area contributed by atoms with E-state index in [2.05, 4.69) is 90.9 Å². The summed E-state index contributed by atoms with van der Waals surface area (Å²) >= 11 is 0. The molecule has 0 aliphatic carbocycles. The smallest absolute Gasteiger partial charge is 0.0395 e. The molecule has 0 saturated heterocycles. The van der Waals surface area contributed by atoms with Crippen LogP contribution >= 0.6 is 0 Å². The summed E-state index contributed by atoms with van der Waals surface area (Å²) in [5, 5.41) is 0. The molecule has 0 heteroatoms. The maximum absolute atomic E-state index is 2.23. The molecule has 23 heavy (non-hydrogen) atoms. The van der Waals surface area contributed by atoms with Crippen LogP contribution < -0.4 is 0 Å². The van der Waals surface area contributed by atoms with Gasteiger partial charge in [-0.3, -0.25) is 0 Å². The monoisotopic (exact) mass is 312 g/mol. The Hall–Kier alpha value is -1.56. The van der Waals surface area contributed by atoms with E-state index in [1.165, 1.54) is 53.5 Å². The molecular weight excluding hydrogens is 276 g/mol. The van der Waals surface area contributed by atoms with Crippen molar-refractivity contribution in [2.45, 2.75) is 74.1 Å². The van der Waals surface area contributed by atoms with Crippen LogP contribution in [0.4, 0.5) is 0 Å². The normalized spacial score (nSPS) is 9.35. The van der Waals surface area contributed by atoms with Gasteiger partial charge in [-0.25, -0.2) is 0 Å². The van der Waals surface area contributed by atoms with E-state index >= 15 is 0 Å². The summed E-state index contributed by atoms with van der Waals surface area (Å²) in [7, 11) is 0. The minimum Gasteiger partial charge on any atom is -0.0654 e. The first-order valence-corrected chi connectivity index (χ1v) is 8.97. The molecule has 2 rings (SSSR count). The summed E-state index contributed by atoms with van der Waals surface area (Å²) in [6, 6.07) is 14.9. The SMILES string of the molecule is CCCCCC.Cc1cc(C)cc(C)c1.Cc1ccccc1C. The molecule has 0 atom stereocenters. The summed E-state index contributed by atoms with van der Waals surface area (Å²) < 4.78 is 0. The van der Waals surface area contributed by atoms with Crippen molar-refractivity contribution in [3.05, 3.63) is 70.3 Å². The molecule has 2 aromatic carbocycles. The van der Waals surface area contributed by atoms with E-state index in [0.29, 0.717) is 0 Å². The lowest BCUT2D eigenvalue weighted by atomic mass is 10.1. The van der Waals surface area contributed by atoms with Crippen molar-refractivity contribution in [3.63, 3.8) is 0 Å². The second kappa shape index (κ2) is 12.9. The standard InChI is InChI=1S/C9H12.C8H10.C6H14/c1-7-4-8(2)6-9(3)5-7;1-7-5-3-4-6-8(7)2;1-3-5-6-4-2/h4-6H,1-3H3;3-6H,1-2H3;3-6H2,1-2H3. The lowest BCUT2D eigenvalue weighted by molar-refractivity contribution is 0.702. The molecule has 0 spiro atoms. The summed E-state index contributed by atoms with van der Waals surface area (Å²) in [5.74, 6) is 0. The Balaban J connectivity index is 0.000000323. The third-order valence-corrected chi connectivity index (χ3v) is 3.75. The molecule has 128 valence electrons. The fourth-order valence-corrected chi connectivity index (χ4v) is 2.37. The molecule has 0 saturated carbocycles. The molecule has 0 aromatic heterocycles. The minimum atomic E-state index is 1.35. The average molecular weight is 313 g/mol. The fourth-order valence-electron chi connectivity index (χ4n) is 2.37. The highest BCUT2D eigenvalue weighted by Gasteiger charge is 1.87. The van der Waals surface area contributed by atoms with Gasteiger partial charge >= 0.3 is 0 Å². The van der Waals surface area contributed by atoms with E-state index in [4.69, 9.17) is 0 Å². The molecular formula is C23H36. The lowest BCUT2D eigenvalue weighted by Crippen LogP contribution is -1.78. The van der Waals surface area contributed by atoms with E-state index in [1.807, 2.05) is 0 Å². The number of benzene rings is 2. The highest BCUT2D eigenvalue weighted by Crippen LogP contribution is 2.06. The van der Waals surface area contributed by atoms with Gasteiger partial charge < -0.3 is 0 Å². The van der Waals surface area contributed by atoms with E-state index in [1.54, 1.807) is 0 Å². The number of rotatable bonds is 3. The van der Waals surface area contributed by atoms with Gasteiger partial charge in [-0.05, 0) is 45.7 Å². The number of hydrogen-bond acceptors (Lipinski definition) is 0. The van der Waals surface area contributed by atoms with Crippen molar-refractivity contribution in [2.24, 2.45) is 0 Å². The summed E-state index contributed by atoms with van der Waals surface area (Å²) in [5.41, 5.74) is 6.80. The quantitative estimate of drug-likeness (QED) is 0.515. The maximum Gasteiger partial charge on any atom is -0.0395 e. The topological polar surface area (TPSA) is 0 Å². The fraction of sp³-hybridized carbons (Fsp3) is 0.478. The van der Waals surface area contributed by atoms with Crippen LogP contribution in [0.1, 0.15) is 67.3 Å². The van der Waals surface area contributed by atoms with Crippen LogP contribution in [0.15, 0.2) is 42.5 Å². The van der Waals surface area contributed by atoms with Gasteiger partial charge in [-0.15, -0.1) is 0 Å². The summed E-state index contributed by atoms with van der Waals surface area (Å²) in [6.07, 6.45) is 5.54. The predicted molar refractivity (Wildman–Crippen MR) is 106 cm³/mol. The number of hydrogen-bond donors (Lipinski definition) is 0. The van der Waals surface area contributed by atoms with E-state index in [0.717, 1.165) is 0 Å². The molecule has 0 fully saturated rings. The van der Waals surface area contributed by atoms with E-state index < -0.39 is 0 Å². The van der Waals surface area contributed by atoms with Crippen LogP contribution in [0.2, 0.25) is 0 Å². The van der Waals surface area contributed by atoms with Gasteiger partial charge in [0.2, 0.25) is 0 Å². The van der Waals surface area contributed by atoms with Gasteiger partial charge in [-0.2, -0.15) is 0 Å². The minimum absolute atomic E-state index is 1.35. The first-order valence-electron chi connectivity index (χ1n) is 8.97. The summed E-state index contributed by atoms with van der Waals surface area (Å²) in [6.45, 7) is 15.1. The van der Waals surface area contributed by atoms with Gasteiger partial charge in [0, 0.05) is 0 Å². The Kier molecular flexibility index (Phi) is 12.1. The van der Waals surface area contributed by atoms with Crippen molar-refractivity contribution in [3.8, 4) is 0 Å². The molecule has 0 unspecified atom stereocenters. The van der Waals surface area contributed by atoms with Crippen molar-refractivity contribution in [2.75, 3.05) is 0 Å². The zero-order chi connectivity index (χ0) is 17.7. The van der Waals surface area contributed by atoms with Crippen molar-refractivity contribution in [1.29, 1.82) is 0 Å². The average Bonchev–Trinajstić information content (AvgIpc) is 2.48. The van der Waals surface area contributed by atoms with Crippen molar-refractivity contribution in [1.82, 2.24) is 0 Å². The Morgan fingerprint density at radius 1 is 0.565 bits per heavy atom. The zero-order valence-electron chi connectivity index (χ0n) is 16.4. The van der Waals surface area contributed by atoms with E-state index in [9.17, 15) is 0 Å². The number of unbranched alkanes of at least 4 members (excludes halogenated alkanes) is 3. The molecule has 0 heterocycles. The first kappa shape index (κ1) is 21.4. The maximum atomic E-state index is 2.23. The van der Waals surface area contributed by atoms with Gasteiger partial charge in [0.05, 0.1) is 0 Å². The molecule has 0 bridgehead atoms. The number of aryl methyl sites for hydroxylation is 5. The first-order chi connectivity index (χ1) is 10.9. The van der Waals surface area contributed by atoms with Crippen LogP contribution in [0, 0.1) is 34.6 Å².